The number of pyridine rings is 1. The molecule has 0 unspecified atom stereocenters. The largest absolute Gasteiger partial charge is 0.477 e. The van der Waals surface area contributed by atoms with Crippen molar-refractivity contribution < 1.29 is 22.7 Å². The maximum absolute atomic E-state index is 12.6. The van der Waals surface area contributed by atoms with Crippen LogP contribution in [-0.4, -0.2) is 24.5 Å². The summed E-state index contributed by atoms with van der Waals surface area (Å²) in [6.45, 7) is 1.51. The van der Waals surface area contributed by atoms with E-state index in [1.54, 1.807) is 0 Å². The maximum atomic E-state index is 12.6. The van der Waals surface area contributed by atoms with Gasteiger partial charge in [0.2, 0.25) is 5.95 Å². The van der Waals surface area contributed by atoms with Crippen molar-refractivity contribution in [2.75, 3.05) is 4.72 Å². The summed E-state index contributed by atoms with van der Waals surface area (Å²) in [5.74, 6) is -1.92. The number of aryl methyl sites for hydroxylation is 1. The molecule has 0 spiro atoms. The van der Waals surface area contributed by atoms with Crippen LogP contribution in [0.3, 0.4) is 0 Å². The van der Waals surface area contributed by atoms with Crippen LogP contribution >= 0.6 is 11.3 Å². The second kappa shape index (κ2) is 5.17. The van der Waals surface area contributed by atoms with E-state index in [2.05, 4.69) is 9.71 Å². The number of carboxylic acids is 1. The molecule has 2 heterocycles. The zero-order valence-corrected chi connectivity index (χ0v) is 11.8. The highest BCUT2D eigenvalue weighted by Gasteiger charge is 2.22. The van der Waals surface area contributed by atoms with Gasteiger partial charge in [-0.1, -0.05) is 0 Å². The standard InChI is InChI=1S/C11H9FN2O4S2/c1-6-9(4-8(19-6)11(15)16)20(17,18)14-7-2-3-10(12)13-5-7/h2-5,14H,1H3,(H,15,16). The van der Waals surface area contributed by atoms with Crippen molar-refractivity contribution in [3.8, 4) is 0 Å². The number of halogens is 1. The summed E-state index contributed by atoms with van der Waals surface area (Å²) in [6.07, 6.45) is 1.03. The number of aromatic carboxylic acids is 1. The number of hydrogen-bond donors (Lipinski definition) is 2. The fraction of sp³-hybridized carbons (Fsp3) is 0.0909. The Morgan fingerprint density at radius 2 is 2.15 bits per heavy atom. The van der Waals surface area contributed by atoms with Gasteiger partial charge in [0.05, 0.1) is 11.9 Å². The van der Waals surface area contributed by atoms with Gasteiger partial charge < -0.3 is 5.11 Å². The Hall–Kier alpha value is -2.00. The van der Waals surface area contributed by atoms with Crippen LogP contribution in [0.5, 0.6) is 0 Å². The highest BCUT2D eigenvalue weighted by Crippen LogP contribution is 2.27. The Bertz CT molecular complexity index is 753. The number of nitrogens with zero attached hydrogens (tertiary/aromatic N) is 1. The summed E-state index contributed by atoms with van der Waals surface area (Å²) in [5, 5.41) is 8.85. The topological polar surface area (TPSA) is 96.4 Å². The van der Waals surface area contributed by atoms with Crippen molar-refractivity contribution in [1.29, 1.82) is 0 Å². The van der Waals surface area contributed by atoms with Gasteiger partial charge in [0, 0.05) is 4.88 Å². The molecule has 0 aliphatic rings. The van der Waals surface area contributed by atoms with E-state index < -0.39 is 21.9 Å². The minimum Gasteiger partial charge on any atom is -0.477 e. The third kappa shape index (κ3) is 2.94. The Labute approximate surface area is 118 Å². The fourth-order valence-electron chi connectivity index (χ4n) is 1.48. The Balaban J connectivity index is 2.35. The van der Waals surface area contributed by atoms with Crippen molar-refractivity contribution in [3.05, 3.63) is 40.1 Å². The molecule has 0 bridgehead atoms. The van der Waals surface area contributed by atoms with Crippen molar-refractivity contribution in [2.45, 2.75) is 11.8 Å². The van der Waals surface area contributed by atoms with Crippen LogP contribution in [0.1, 0.15) is 14.5 Å². The van der Waals surface area contributed by atoms with E-state index in [9.17, 15) is 17.6 Å². The number of carbonyl (C=O) groups is 1. The average Bonchev–Trinajstić information content (AvgIpc) is 2.75. The summed E-state index contributed by atoms with van der Waals surface area (Å²) in [6, 6.07) is 3.32. The molecule has 0 amide bonds. The Morgan fingerprint density at radius 3 is 2.65 bits per heavy atom. The molecular weight excluding hydrogens is 307 g/mol. The predicted octanol–water partition coefficient (Wildman–Crippen LogP) is 2.09. The first-order valence-electron chi connectivity index (χ1n) is 5.28. The quantitative estimate of drug-likeness (QED) is 0.842. The van der Waals surface area contributed by atoms with Crippen LogP contribution in [0.2, 0.25) is 0 Å². The lowest BCUT2D eigenvalue weighted by atomic mass is 10.4. The molecule has 2 N–H and O–H groups in total. The SMILES string of the molecule is Cc1sc(C(=O)O)cc1S(=O)(=O)Nc1ccc(F)nc1. The molecule has 6 nitrogen and oxygen atoms in total. The van der Waals surface area contributed by atoms with Gasteiger partial charge in [-0.15, -0.1) is 11.3 Å². The third-order valence-electron chi connectivity index (χ3n) is 2.35. The van der Waals surface area contributed by atoms with Gasteiger partial charge in [0.15, 0.2) is 0 Å². The highest BCUT2D eigenvalue weighted by molar-refractivity contribution is 7.93. The second-order valence-corrected chi connectivity index (χ2v) is 6.72. The second-order valence-electron chi connectivity index (χ2n) is 3.81. The van der Waals surface area contributed by atoms with Gasteiger partial charge >= 0.3 is 5.97 Å². The van der Waals surface area contributed by atoms with Crippen molar-refractivity contribution >= 4 is 33.0 Å². The number of rotatable bonds is 4. The molecular formula is C11H9FN2O4S2. The summed E-state index contributed by atoms with van der Waals surface area (Å²) < 4.78 is 39.1. The predicted molar refractivity (Wildman–Crippen MR) is 71.0 cm³/mol. The van der Waals surface area contributed by atoms with E-state index in [-0.39, 0.29) is 15.5 Å². The summed E-state index contributed by atoms with van der Waals surface area (Å²) >= 11 is 0.868. The maximum Gasteiger partial charge on any atom is 0.345 e. The minimum atomic E-state index is -3.93. The van der Waals surface area contributed by atoms with Gasteiger partial charge in [0.25, 0.3) is 10.0 Å². The molecule has 2 rings (SSSR count). The molecule has 9 heteroatoms. The molecule has 0 aliphatic carbocycles. The van der Waals surface area contributed by atoms with Crippen molar-refractivity contribution in [3.63, 3.8) is 0 Å². The van der Waals surface area contributed by atoms with Crippen molar-refractivity contribution in [1.82, 2.24) is 4.98 Å². The van der Waals surface area contributed by atoms with E-state index >= 15 is 0 Å². The molecule has 0 aromatic carbocycles. The number of hydrogen-bond acceptors (Lipinski definition) is 5. The Morgan fingerprint density at radius 1 is 1.45 bits per heavy atom. The van der Waals surface area contributed by atoms with E-state index in [0.29, 0.717) is 4.88 Å². The van der Waals surface area contributed by atoms with E-state index in [0.717, 1.165) is 29.7 Å². The minimum absolute atomic E-state index is 0.0693. The Kier molecular flexibility index (Phi) is 3.73. The molecule has 0 saturated heterocycles. The van der Waals surface area contributed by atoms with Crippen LogP contribution in [0.25, 0.3) is 0 Å². The van der Waals surface area contributed by atoms with Gasteiger partial charge in [-0.25, -0.2) is 18.2 Å². The van der Waals surface area contributed by atoms with Crippen molar-refractivity contribution in [2.24, 2.45) is 0 Å². The third-order valence-corrected chi connectivity index (χ3v) is 5.03. The molecule has 106 valence electrons. The summed E-state index contributed by atoms with van der Waals surface area (Å²) in [7, 11) is -3.93. The molecule has 0 fully saturated rings. The van der Waals surface area contributed by atoms with Crippen LogP contribution in [0, 0.1) is 12.9 Å². The highest BCUT2D eigenvalue weighted by atomic mass is 32.2. The average molecular weight is 316 g/mol. The number of aromatic nitrogens is 1. The van der Waals surface area contributed by atoms with Gasteiger partial charge in [-0.3, -0.25) is 4.72 Å². The molecule has 2 aromatic heterocycles. The first kappa shape index (κ1) is 14.4. The fourth-order valence-corrected chi connectivity index (χ4v) is 3.96. The zero-order chi connectivity index (χ0) is 14.9. The number of sulfonamides is 1. The lowest BCUT2D eigenvalue weighted by Crippen LogP contribution is -2.13. The molecule has 20 heavy (non-hydrogen) atoms. The van der Waals surface area contributed by atoms with E-state index in [1.807, 2.05) is 0 Å². The number of anilines is 1. The first-order valence-corrected chi connectivity index (χ1v) is 7.57. The molecule has 0 radical (unpaired) electrons. The number of carboxylic acid groups (broad SMARTS) is 1. The summed E-state index contributed by atoms with van der Waals surface area (Å²) in [5.41, 5.74) is 0.0916. The smallest absolute Gasteiger partial charge is 0.345 e. The summed E-state index contributed by atoms with van der Waals surface area (Å²) in [4.78, 5) is 14.3. The zero-order valence-electron chi connectivity index (χ0n) is 10.1. The van der Waals surface area contributed by atoms with Gasteiger partial charge in [0.1, 0.15) is 9.77 Å². The molecule has 2 aromatic rings. The first-order chi connectivity index (χ1) is 9.29. The monoisotopic (exact) mass is 316 g/mol. The normalized spacial score (nSPS) is 11.3. The van der Waals surface area contributed by atoms with Crippen LogP contribution in [0.4, 0.5) is 10.1 Å². The van der Waals surface area contributed by atoms with E-state index in [1.165, 1.54) is 13.0 Å². The van der Waals surface area contributed by atoms with E-state index in [4.69, 9.17) is 5.11 Å². The van der Waals surface area contributed by atoms with Gasteiger partial charge in [-0.2, -0.15) is 4.39 Å². The van der Waals surface area contributed by atoms with Crippen LogP contribution < -0.4 is 4.72 Å². The van der Waals surface area contributed by atoms with Gasteiger partial charge in [-0.05, 0) is 25.1 Å². The lowest BCUT2D eigenvalue weighted by molar-refractivity contribution is 0.0702. The number of nitrogens with one attached hydrogen (secondary N) is 1. The number of thiophene rings is 1. The van der Waals surface area contributed by atoms with Crippen LogP contribution in [-0.2, 0) is 10.0 Å². The lowest BCUT2D eigenvalue weighted by Gasteiger charge is -2.06. The van der Waals surface area contributed by atoms with Crippen LogP contribution in [0.15, 0.2) is 29.3 Å². The molecule has 0 saturated carbocycles. The molecule has 0 atom stereocenters. The molecule has 0 aliphatic heterocycles.